The zero-order valence-corrected chi connectivity index (χ0v) is 19.8. The van der Waals surface area contributed by atoms with Crippen LogP contribution in [-0.4, -0.2) is 46.5 Å². The number of nitrogens with one attached hydrogen (secondary N) is 1. The normalized spacial score (nSPS) is 12.5. The molecule has 6 nitrogen and oxygen atoms in total. The van der Waals surface area contributed by atoms with Crippen molar-refractivity contribution < 1.29 is 23.8 Å². The maximum atomic E-state index is 12.1. The number of halogens is 1. The van der Waals surface area contributed by atoms with Gasteiger partial charge in [-0.3, -0.25) is 0 Å². The molecule has 0 saturated carbocycles. The second-order valence-electron chi connectivity index (χ2n) is 7.52. The van der Waals surface area contributed by atoms with Crippen molar-refractivity contribution in [2.75, 3.05) is 20.3 Å². The fourth-order valence-corrected chi connectivity index (χ4v) is 3.59. The van der Waals surface area contributed by atoms with Gasteiger partial charge in [-0.1, -0.05) is 41.6 Å². The number of hydrogen-bond donors (Lipinski definition) is 1. The number of alkyl carbamates (subject to hydrolysis) is 1. The lowest BCUT2D eigenvalue weighted by Crippen LogP contribution is -2.43. The average molecular weight is 472 g/mol. The number of esters is 1. The lowest BCUT2D eigenvalue weighted by atomic mass is 10.0. The fourth-order valence-electron chi connectivity index (χ4n) is 2.32. The van der Waals surface area contributed by atoms with E-state index in [0.29, 0.717) is 13.2 Å². The molecular weight excluding hydrogens is 442 g/mol. The van der Waals surface area contributed by atoms with Gasteiger partial charge in [-0.2, -0.15) is 0 Å². The Balaban J connectivity index is 2.81. The summed E-state index contributed by atoms with van der Waals surface area (Å²) in [5.41, 5.74) is 1.78. The first-order valence-corrected chi connectivity index (χ1v) is 13.7. The molecule has 1 aromatic rings. The van der Waals surface area contributed by atoms with Gasteiger partial charge in [-0.05, 0) is 42.3 Å². The van der Waals surface area contributed by atoms with Gasteiger partial charge in [0.2, 0.25) is 0 Å². The molecule has 1 N–H and O–H groups in total. The Morgan fingerprint density at radius 3 is 2.57 bits per heavy atom. The molecule has 1 amide bonds. The highest BCUT2D eigenvalue weighted by Crippen LogP contribution is 2.19. The molecule has 0 heterocycles. The summed E-state index contributed by atoms with van der Waals surface area (Å²) >= 11 is 3.47. The van der Waals surface area contributed by atoms with Crippen molar-refractivity contribution in [3.63, 3.8) is 0 Å². The van der Waals surface area contributed by atoms with Crippen LogP contribution < -0.4 is 5.32 Å². The molecule has 0 bridgehead atoms. The number of rotatable bonds is 10. The number of ether oxygens (including phenoxy) is 3. The Bertz CT molecular complexity index is 688. The van der Waals surface area contributed by atoms with Gasteiger partial charge in [0, 0.05) is 19.0 Å². The van der Waals surface area contributed by atoms with Crippen LogP contribution in [0.1, 0.15) is 18.1 Å². The van der Waals surface area contributed by atoms with Gasteiger partial charge in [-0.25, -0.2) is 9.59 Å². The van der Waals surface area contributed by atoms with Crippen LogP contribution in [0.4, 0.5) is 4.79 Å². The molecule has 0 aromatic heterocycles. The third-order valence-corrected chi connectivity index (χ3v) is 5.97. The van der Waals surface area contributed by atoms with Crippen LogP contribution in [0.2, 0.25) is 25.7 Å². The van der Waals surface area contributed by atoms with Crippen LogP contribution in [0.15, 0.2) is 28.9 Å². The van der Waals surface area contributed by atoms with E-state index < -0.39 is 26.2 Å². The standard InChI is InChI=1S/C20H30BrNO5Si/c1-6-26-8-7-15-11-16(13-17(21)12-15)14-18(19(23)25-2)22-20(24)27-9-10-28(3,4)5/h7-8,11-13,18H,6,9-10,14H2,1-5H3,(H,22,24)/b8-7+/t18-/m0/s1. The molecule has 28 heavy (non-hydrogen) atoms. The van der Waals surface area contributed by atoms with E-state index in [9.17, 15) is 9.59 Å². The summed E-state index contributed by atoms with van der Waals surface area (Å²) in [7, 11) is -0.00248. The minimum absolute atomic E-state index is 0.282. The Labute approximate surface area is 176 Å². The monoisotopic (exact) mass is 471 g/mol. The zero-order valence-electron chi connectivity index (χ0n) is 17.2. The molecule has 0 aliphatic rings. The van der Waals surface area contributed by atoms with Crippen molar-refractivity contribution in [2.45, 2.75) is 45.1 Å². The van der Waals surface area contributed by atoms with E-state index in [-0.39, 0.29) is 6.42 Å². The molecule has 1 atom stereocenters. The van der Waals surface area contributed by atoms with Crippen LogP contribution in [-0.2, 0) is 25.4 Å². The summed E-state index contributed by atoms with van der Waals surface area (Å²) in [5, 5.41) is 2.62. The van der Waals surface area contributed by atoms with Gasteiger partial charge < -0.3 is 19.5 Å². The molecule has 0 radical (unpaired) electrons. The van der Waals surface area contributed by atoms with Crippen LogP contribution in [0, 0.1) is 0 Å². The van der Waals surface area contributed by atoms with Crippen molar-refractivity contribution in [2.24, 2.45) is 0 Å². The number of carbonyl (C=O) groups is 2. The second kappa shape index (κ2) is 11.9. The van der Waals surface area contributed by atoms with Crippen molar-refractivity contribution >= 4 is 42.1 Å². The van der Waals surface area contributed by atoms with Crippen LogP contribution in [0.3, 0.4) is 0 Å². The van der Waals surface area contributed by atoms with E-state index in [1.54, 1.807) is 6.26 Å². The summed E-state index contributed by atoms with van der Waals surface area (Å²) in [6.07, 6.45) is 3.13. The first kappa shape index (κ1) is 24.2. The lowest BCUT2D eigenvalue weighted by molar-refractivity contribution is -0.142. The van der Waals surface area contributed by atoms with Gasteiger partial charge in [0.15, 0.2) is 0 Å². The summed E-state index contributed by atoms with van der Waals surface area (Å²) in [4.78, 5) is 24.2. The quantitative estimate of drug-likeness (QED) is 0.306. The molecule has 0 aliphatic carbocycles. The molecule has 1 aromatic carbocycles. The molecule has 0 unspecified atom stereocenters. The molecule has 8 heteroatoms. The average Bonchev–Trinajstić information content (AvgIpc) is 2.59. The van der Waals surface area contributed by atoms with Crippen molar-refractivity contribution in [1.29, 1.82) is 0 Å². The highest BCUT2D eigenvalue weighted by molar-refractivity contribution is 9.10. The van der Waals surface area contributed by atoms with Gasteiger partial charge >= 0.3 is 12.1 Å². The highest BCUT2D eigenvalue weighted by Gasteiger charge is 2.23. The van der Waals surface area contributed by atoms with Crippen LogP contribution >= 0.6 is 15.9 Å². The third kappa shape index (κ3) is 9.94. The molecule has 0 spiro atoms. The Morgan fingerprint density at radius 2 is 1.96 bits per heavy atom. The molecule has 156 valence electrons. The third-order valence-electron chi connectivity index (χ3n) is 3.81. The first-order chi connectivity index (χ1) is 13.1. The largest absolute Gasteiger partial charge is 0.501 e. The maximum absolute atomic E-state index is 12.1. The number of methoxy groups -OCH3 is 1. The molecular formula is C20H30BrNO5Si. The van der Waals surface area contributed by atoms with E-state index in [2.05, 4.69) is 40.9 Å². The van der Waals surface area contributed by atoms with Crippen molar-refractivity contribution in [1.82, 2.24) is 5.32 Å². The van der Waals surface area contributed by atoms with Gasteiger partial charge in [0.25, 0.3) is 0 Å². The van der Waals surface area contributed by atoms with E-state index in [1.807, 2.05) is 31.2 Å². The summed E-state index contributed by atoms with van der Waals surface area (Å²) in [6.45, 7) is 9.46. The number of hydrogen-bond acceptors (Lipinski definition) is 5. The summed E-state index contributed by atoms with van der Waals surface area (Å²) in [5.74, 6) is -0.520. The SMILES string of the molecule is CCO/C=C/c1cc(Br)cc(C[C@H](NC(=O)OCC[Si](C)(C)C)C(=O)OC)c1. The maximum Gasteiger partial charge on any atom is 0.407 e. The Morgan fingerprint density at radius 1 is 1.25 bits per heavy atom. The number of benzene rings is 1. The van der Waals surface area contributed by atoms with E-state index >= 15 is 0 Å². The molecule has 1 rings (SSSR count). The zero-order chi connectivity index (χ0) is 21.2. The fraction of sp³-hybridized carbons (Fsp3) is 0.500. The molecule has 0 aliphatic heterocycles. The van der Waals surface area contributed by atoms with E-state index in [0.717, 1.165) is 21.6 Å². The van der Waals surface area contributed by atoms with Gasteiger partial charge in [-0.15, -0.1) is 0 Å². The van der Waals surface area contributed by atoms with Gasteiger partial charge in [0.1, 0.15) is 6.04 Å². The van der Waals surface area contributed by atoms with Crippen molar-refractivity contribution in [3.8, 4) is 0 Å². The number of carbonyl (C=O) groups excluding carboxylic acids is 2. The second-order valence-corrected chi connectivity index (χ2v) is 14.1. The number of amides is 1. The van der Waals surface area contributed by atoms with E-state index in [1.165, 1.54) is 7.11 Å². The summed E-state index contributed by atoms with van der Waals surface area (Å²) in [6, 6.07) is 5.79. The van der Waals surface area contributed by atoms with Crippen molar-refractivity contribution in [3.05, 3.63) is 40.1 Å². The summed E-state index contributed by atoms with van der Waals surface area (Å²) < 4.78 is 16.2. The smallest absolute Gasteiger partial charge is 0.407 e. The highest BCUT2D eigenvalue weighted by atomic mass is 79.9. The molecule has 0 saturated heterocycles. The minimum atomic E-state index is -1.30. The lowest BCUT2D eigenvalue weighted by Gasteiger charge is -2.19. The Kier molecular flexibility index (Phi) is 10.3. The van der Waals surface area contributed by atoms with E-state index in [4.69, 9.17) is 14.2 Å². The van der Waals surface area contributed by atoms with Crippen LogP contribution in [0.5, 0.6) is 0 Å². The Hall–Kier alpha value is -1.80. The van der Waals surface area contributed by atoms with Crippen LogP contribution in [0.25, 0.3) is 6.08 Å². The molecule has 0 fully saturated rings. The predicted molar refractivity (Wildman–Crippen MR) is 117 cm³/mol. The first-order valence-electron chi connectivity index (χ1n) is 9.23. The van der Waals surface area contributed by atoms with Gasteiger partial charge in [0.05, 0.1) is 26.6 Å². The predicted octanol–water partition coefficient (Wildman–Crippen LogP) is 4.60. The topological polar surface area (TPSA) is 73.9 Å². The minimum Gasteiger partial charge on any atom is -0.501 e.